The van der Waals surface area contributed by atoms with E-state index in [1.165, 1.54) is 4.68 Å². The molecule has 3 aromatic rings. The van der Waals surface area contributed by atoms with Crippen LogP contribution in [0.15, 0.2) is 44.7 Å². The van der Waals surface area contributed by atoms with Gasteiger partial charge >= 0.3 is 5.97 Å². The fourth-order valence-electron chi connectivity index (χ4n) is 3.40. The Morgan fingerprint density at radius 1 is 1.19 bits per heavy atom. The van der Waals surface area contributed by atoms with Crippen LogP contribution in [0, 0.1) is 3.57 Å². The standard InChI is InChI=1S/C26H29BrIN3O5/c1-6-16(5)25-30-21-9-8-18(27)12-19(21)26(33)31(25)29-13-17-10-20(28)24(22(11-17)34-7-2)35-14-23(32)36-15(3)4/h8-13,15-16H,6-7,14H2,1-5H3/t16-/m0/s1. The van der Waals surface area contributed by atoms with E-state index >= 15 is 0 Å². The maximum atomic E-state index is 13.4. The summed E-state index contributed by atoms with van der Waals surface area (Å²) in [6.07, 6.45) is 2.18. The monoisotopic (exact) mass is 669 g/mol. The van der Waals surface area contributed by atoms with Gasteiger partial charge in [-0.1, -0.05) is 29.8 Å². The third kappa shape index (κ3) is 6.84. The molecule has 2 aromatic carbocycles. The van der Waals surface area contributed by atoms with Gasteiger partial charge in [0.1, 0.15) is 5.82 Å². The molecule has 1 aromatic heterocycles. The van der Waals surface area contributed by atoms with Crippen molar-refractivity contribution in [1.82, 2.24) is 9.66 Å². The van der Waals surface area contributed by atoms with Gasteiger partial charge in [0.15, 0.2) is 18.1 Å². The van der Waals surface area contributed by atoms with Crippen molar-refractivity contribution < 1.29 is 19.0 Å². The molecule has 0 aliphatic rings. The zero-order valence-electron chi connectivity index (χ0n) is 20.9. The Hall–Kier alpha value is -2.47. The number of nitrogens with zero attached hydrogens (tertiary/aromatic N) is 3. The van der Waals surface area contributed by atoms with Crippen molar-refractivity contribution in [2.75, 3.05) is 13.2 Å². The molecule has 0 fully saturated rings. The molecular formula is C26H29BrIN3O5. The quantitative estimate of drug-likeness (QED) is 0.152. The van der Waals surface area contributed by atoms with Crippen LogP contribution in [-0.4, -0.2) is 41.2 Å². The molecule has 0 aliphatic carbocycles. The highest BCUT2D eigenvalue weighted by Gasteiger charge is 2.17. The van der Waals surface area contributed by atoms with E-state index in [0.717, 1.165) is 14.5 Å². The first-order valence-corrected chi connectivity index (χ1v) is 13.6. The van der Waals surface area contributed by atoms with Crippen molar-refractivity contribution in [3.8, 4) is 11.5 Å². The van der Waals surface area contributed by atoms with Gasteiger partial charge < -0.3 is 14.2 Å². The van der Waals surface area contributed by atoms with Gasteiger partial charge in [-0.3, -0.25) is 4.79 Å². The highest BCUT2D eigenvalue weighted by Crippen LogP contribution is 2.34. The van der Waals surface area contributed by atoms with Gasteiger partial charge in [-0.15, -0.1) is 0 Å². The second-order valence-electron chi connectivity index (χ2n) is 8.39. The fourth-order valence-corrected chi connectivity index (χ4v) is 4.54. The highest BCUT2D eigenvalue weighted by atomic mass is 127. The number of fused-ring (bicyclic) bond motifs is 1. The molecule has 0 bridgehead atoms. The predicted octanol–water partition coefficient (Wildman–Crippen LogP) is 5.89. The number of carbonyl (C=O) groups excluding carboxylic acids is 1. The van der Waals surface area contributed by atoms with E-state index in [-0.39, 0.29) is 24.2 Å². The lowest BCUT2D eigenvalue weighted by atomic mass is 10.1. The second kappa shape index (κ2) is 12.7. The largest absolute Gasteiger partial charge is 0.490 e. The van der Waals surface area contributed by atoms with E-state index in [1.807, 2.05) is 39.0 Å². The lowest BCUT2D eigenvalue weighted by Crippen LogP contribution is -2.23. The van der Waals surface area contributed by atoms with Crippen molar-refractivity contribution in [3.63, 3.8) is 0 Å². The molecule has 0 N–H and O–H groups in total. The van der Waals surface area contributed by atoms with Crippen LogP contribution in [0.5, 0.6) is 11.5 Å². The molecule has 10 heteroatoms. The summed E-state index contributed by atoms with van der Waals surface area (Å²) in [6.45, 7) is 9.67. The SMILES string of the molecule is CCOc1cc(C=Nn2c([C@@H](C)CC)nc3ccc(Br)cc3c2=O)cc(I)c1OCC(=O)OC(C)C. The molecule has 0 unspecified atom stereocenters. The Balaban J connectivity index is 2.01. The predicted molar refractivity (Wildman–Crippen MR) is 152 cm³/mol. The lowest BCUT2D eigenvalue weighted by molar-refractivity contribution is -0.149. The number of aromatic nitrogens is 2. The molecule has 36 heavy (non-hydrogen) atoms. The van der Waals surface area contributed by atoms with Crippen molar-refractivity contribution in [2.45, 2.75) is 53.1 Å². The number of halogens is 2. The van der Waals surface area contributed by atoms with Gasteiger partial charge in [0.05, 0.1) is 33.4 Å². The summed E-state index contributed by atoms with van der Waals surface area (Å²) in [6, 6.07) is 9.05. The number of hydrogen-bond donors (Lipinski definition) is 0. The molecule has 192 valence electrons. The van der Waals surface area contributed by atoms with E-state index < -0.39 is 5.97 Å². The summed E-state index contributed by atoms with van der Waals surface area (Å²) in [5.41, 5.74) is 1.10. The van der Waals surface area contributed by atoms with Gasteiger partial charge in [-0.2, -0.15) is 9.78 Å². The average Bonchev–Trinajstić information content (AvgIpc) is 2.82. The van der Waals surface area contributed by atoms with Gasteiger partial charge in [0.2, 0.25) is 0 Å². The Bertz CT molecular complexity index is 1340. The lowest BCUT2D eigenvalue weighted by Gasteiger charge is -2.15. The highest BCUT2D eigenvalue weighted by molar-refractivity contribution is 14.1. The Kier molecular flexibility index (Phi) is 9.89. The third-order valence-electron chi connectivity index (χ3n) is 5.24. The summed E-state index contributed by atoms with van der Waals surface area (Å²) in [4.78, 5) is 30.0. The molecule has 1 heterocycles. The number of esters is 1. The zero-order chi connectivity index (χ0) is 26.4. The zero-order valence-corrected chi connectivity index (χ0v) is 24.6. The maximum Gasteiger partial charge on any atom is 0.344 e. The van der Waals surface area contributed by atoms with Crippen LogP contribution in [0.4, 0.5) is 0 Å². The number of rotatable bonds is 10. The molecule has 0 radical (unpaired) electrons. The fraction of sp³-hybridized carbons (Fsp3) is 0.385. The van der Waals surface area contributed by atoms with E-state index in [1.54, 1.807) is 32.2 Å². The van der Waals surface area contributed by atoms with Crippen LogP contribution in [0.1, 0.15) is 58.3 Å². The maximum absolute atomic E-state index is 13.4. The minimum atomic E-state index is -0.457. The van der Waals surface area contributed by atoms with Crippen LogP contribution in [0.25, 0.3) is 10.9 Å². The molecule has 0 saturated carbocycles. The Morgan fingerprint density at radius 3 is 2.61 bits per heavy atom. The molecular weight excluding hydrogens is 641 g/mol. The van der Waals surface area contributed by atoms with Crippen molar-refractivity contribution in [3.05, 3.63) is 60.1 Å². The van der Waals surface area contributed by atoms with Gasteiger partial charge in [0.25, 0.3) is 5.56 Å². The minimum absolute atomic E-state index is 0.0309. The van der Waals surface area contributed by atoms with Crippen molar-refractivity contribution >= 4 is 61.6 Å². The number of carbonyl (C=O) groups is 1. The van der Waals surface area contributed by atoms with Crippen molar-refractivity contribution in [2.24, 2.45) is 5.10 Å². The summed E-state index contributed by atoms with van der Waals surface area (Å²) in [5, 5.41) is 5.01. The summed E-state index contributed by atoms with van der Waals surface area (Å²) in [7, 11) is 0. The molecule has 0 spiro atoms. The van der Waals surface area contributed by atoms with Crippen LogP contribution < -0.4 is 15.0 Å². The Morgan fingerprint density at radius 2 is 1.94 bits per heavy atom. The topological polar surface area (TPSA) is 92.0 Å². The van der Waals surface area contributed by atoms with Crippen LogP contribution in [-0.2, 0) is 9.53 Å². The van der Waals surface area contributed by atoms with E-state index in [4.69, 9.17) is 19.2 Å². The first kappa shape index (κ1) is 28.1. The van der Waals surface area contributed by atoms with Crippen LogP contribution in [0.2, 0.25) is 0 Å². The van der Waals surface area contributed by atoms with Crippen LogP contribution in [0.3, 0.4) is 0 Å². The second-order valence-corrected chi connectivity index (χ2v) is 10.5. The van der Waals surface area contributed by atoms with E-state index in [0.29, 0.717) is 40.4 Å². The van der Waals surface area contributed by atoms with Crippen molar-refractivity contribution in [1.29, 1.82) is 0 Å². The summed E-state index contributed by atoms with van der Waals surface area (Å²) >= 11 is 5.55. The normalized spacial score (nSPS) is 12.3. The van der Waals surface area contributed by atoms with Gasteiger partial charge in [0, 0.05) is 10.4 Å². The number of hydrogen-bond acceptors (Lipinski definition) is 7. The third-order valence-corrected chi connectivity index (χ3v) is 6.54. The molecule has 8 nitrogen and oxygen atoms in total. The average molecular weight is 670 g/mol. The van der Waals surface area contributed by atoms with E-state index in [2.05, 4.69) is 43.6 Å². The summed E-state index contributed by atoms with van der Waals surface area (Å²) in [5.74, 6) is 1.09. The van der Waals surface area contributed by atoms with Gasteiger partial charge in [-0.25, -0.2) is 9.78 Å². The molecule has 3 rings (SSSR count). The number of benzene rings is 2. The van der Waals surface area contributed by atoms with E-state index in [9.17, 15) is 9.59 Å². The Labute approximate surface area is 232 Å². The van der Waals surface area contributed by atoms with Crippen LogP contribution >= 0.6 is 38.5 Å². The molecule has 0 aliphatic heterocycles. The first-order valence-electron chi connectivity index (χ1n) is 11.7. The smallest absolute Gasteiger partial charge is 0.344 e. The molecule has 0 saturated heterocycles. The first-order chi connectivity index (χ1) is 17.1. The molecule has 0 amide bonds. The van der Waals surface area contributed by atoms with Gasteiger partial charge in [-0.05, 0) is 85.7 Å². The molecule has 1 atom stereocenters. The minimum Gasteiger partial charge on any atom is -0.490 e. The summed E-state index contributed by atoms with van der Waals surface area (Å²) < 4.78 is 19.5. The number of ether oxygens (including phenoxy) is 3.